The Morgan fingerprint density at radius 2 is 2.00 bits per heavy atom. The summed E-state index contributed by atoms with van der Waals surface area (Å²) >= 11 is 0. The lowest BCUT2D eigenvalue weighted by Crippen LogP contribution is -2.23. The van der Waals surface area contributed by atoms with Crippen LogP contribution in [-0.4, -0.2) is 38.8 Å². The number of aliphatic hydroxyl groups excluding tert-OH is 1. The Morgan fingerprint density at radius 1 is 1.27 bits per heavy atom. The van der Waals surface area contributed by atoms with Crippen molar-refractivity contribution in [1.29, 1.82) is 0 Å². The molecule has 0 radical (unpaired) electrons. The number of aliphatic hydroxyl groups is 2. The van der Waals surface area contributed by atoms with Gasteiger partial charge in [0.2, 0.25) is 0 Å². The lowest BCUT2D eigenvalue weighted by molar-refractivity contribution is -0.137. The van der Waals surface area contributed by atoms with Crippen LogP contribution in [0.25, 0.3) is 0 Å². The molecule has 1 aliphatic rings. The Balaban J connectivity index is 2.58. The SMILES string of the molecule is CCCCC[C@](C)(O)C=C[C@H]1[C@H](O)CC(=O)[C@@H]1C/C=C/CCCC(=O)O. The summed E-state index contributed by atoms with van der Waals surface area (Å²) < 4.78 is 0. The molecule has 3 N–H and O–H groups in total. The molecule has 1 saturated carbocycles. The number of rotatable bonds is 12. The first-order valence-electron chi connectivity index (χ1n) is 9.76. The van der Waals surface area contributed by atoms with E-state index in [-0.39, 0.29) is 30.5 Å². The number of Topliss-reactive ketones (excluding diaryl/α,β-unsaturated/α-hetero) is 1. The highest BCUT2D eigenvalue weighted by Gasteiger charge is 2.39. The van der Waals surface area contributed by atoms with E-state index in [0.717, 1.165) is 19.3 Å². The second kappa shape index (κ2) is 11.3. The standard InChI is InChI=1S/C21H34O5/c1-3-4-9-13-21(2,26)14-12-17-16(18(22)15-19(17)23)10-7-5-6-8-11-20(24)25/h5,7,12,14,16-17,19,23,26H,3-4,6,8-11,13,15H2,1-2H3,(H,24,25)/b7-5+,14-12?/t16-,17-,19-,21+/m1/s1. The van der Waals surface area contributed by atoms with E-state index >= 15 is 0 Å². The molecule has 0 aromatic rings. The molecule has 0 amide bonds. The average Bonchev–Trinajstić information content (AvgIpc) is 2.82. The van der Waals surface area contributed by atoms with Gasteiger partial charge in [-0.1, -0.05) is 50.5 Å². The summed E-state index contributed by atoms with van der Waals surface area (Å²) in [7, 11) is 0. The summed E-state index contributed by atoms with van der Waals surface area (Å²) in [5, 5.41) is 29.3. The molecule has 0 heterocycles. The predicted molar refractivity (Wildman–Crippen MR) is 102 cm³/mol. The topological polar surface area (TPSA) is 94.8 Å². The van der Waals surface area contributed by atoms with Crippen molar-refractivity contribution < 1.29 is 24.9 Å². The molecule has 0 unspecified atom stereocenters. The predicted octanol–water partition coefficient (Wildman–Crippen LogP) is 3.64. The molecule has 1 rings (SSSR count). The smallest absolute Gasteiger partial charge is 0.303 e. The Bertz CT molecular complexity index is 507. The number of hydrogen-bond acceptors (Lipinski definition) is 4. The van der Waals surface area contributed by atoms with Gasteiger partial charge in [-0.15, -0.1) is 0 Å². The van der Waals surface area contributed by atoms with E-state index in [1.807, 2.05) is 18.2 Å². The van der Waals surface area contributed by atoms with Crippen molar-refractivity contribution in [2.24, 2.45) is 11.8 Å². The van der Waals surface area contributed by atoms with Gasteiger partial charge in [-0.25, -0.2) is 0 Å². The number of hydrogen-bond donors (Lipinski definition) is 3. The summed E-state index contributed by atoms with van der Waals surface area (Å²) in [6.07, 6.45) is 12.5. The van der Waals surface area contributed by atoms with Gasteiger partial charge in [0.05, 0.1) is 11.7 Å². The van der Waals surface area contributed by atoms with E-state index < -0.39 is 17.7 Å². The first-order chi connectivity index (χ1) is 12.3. The highest BCUT2D eigenvalue weighted by atomic mass is 16.4. The van der Waals surface area contributed by atoms with Crippen LogP contribution in [0.1, 0.15) is 71.6 Å². The normalized spacial score (nSPS) is 26.0. The summed E-state index contributed by atoms with van der Waals surface area (Å²) in [6, 6.07) is 0. The highest BCUT2D eigenvalue weighted by Crippen LogP contribution is 2.34. The molecule has 148 valence electrons. The third-order valence-corrected chi connectivity index (χ3v) is 5.01. The van der Waals surface area contributed by atoms with Crippen LogP contribution >= 0.6 is 0 Å². The maximum atomic E-state index is 12.2. The second-order valence-corrected chi connectivity index (χ2v) is 7.59. The van der Waals surface area contributed by atoms with E-state index in [0.29, 0.717) is 25.7 Å². The van der Waals surface area contributed by atoms with E-state index in [1.165, 1.54) is 0 Å². The van der Waals surface area contributed by atoms with Gasteiger partial charge in [-0.05, 0) is 32.6 Å². The Labute approximate surface area is 156 Å². The molecule has 1 fully saturated rings. The molecule has 4 atom stereocenters. The molecular formula is C21H34O5. The molecule has 0 bridgehead atoms. The number of ketones is 1. The van der Waals surface area contributed by atoms with Crippen LogP contribution in [0.15, 0.2) is 24.3 Å². The Hall–Kier alpha value is -1.46. The summed E-state index contributed by atoms with van der Waals surface area (Å²) in [5.41, 5.74) is -0.919. The van der Waals surface area contributed by atoms with Crippen LogP contribution in [0.4, 0.5) is 0 Å². The van der Waals surface area contributed by atoms with E-state index in [4.69, 9.17) is 5.11 Å². The molecule has 26 heavy (non-hydrogen) atoms. The lowest BCUT2D eigenvalue weighted by Gasteiger charge is -2.21. The molecule has 5 heteroatoms. The van der Waals surface area contributed by atoms with Gasteiger partial charge in [0.25, 0.3) is 0 Å². The summed E-state index contributed by atoms with van der Waals surface area (Å²) in [6.45, 7) is 3.88. The van der Waals surface area contributed by atoms with Crippen LogP contribution in [0, 0.1) is 11.8 Å². The Kier molecular flexibility index (Phi) is 9.81. The Morgan fingerprint density at radius 3 is 2.65 bits per heavy atom. The number of carboxylic acid groups (broad SMARTS) is 1. The molecular weight excluding hydrogens is 332 g/mol. The zero-order valence-corrected chi connectivity index (χ0v) is 16.1. The van der Waals surface area contributed by atoms with Crippen LogP contribution in [-0.2, 0) is 9.59 Å². The van der Waals surface area contributed by atoms with Crippen molar-refractivity contribution in [3.63, 3.8) is 0 Å². The van der Waals surface area contributed by atoms with Crippen LogP contribution < -0.4 is 0 Å². The number of carboxylic acids is 1. The number of allylic oxidation sites excluding steroid dienone is 2. The van der Waals surface area contributed by atoms with Crippen LogP contribution in [0.3, 0.4) is 0 Å². The zero-order valence-electron chi connectivity index (χ0n) is 16.1. The minimum Gasteiger partial charge on any atom is -0.481 e. The van der Waals surface area contributed by atoms with E-state index in [9.17, 15) is 19.8 Å². The third kappa shape index (κ3) is 8.28. The van der Waals surface area contributed by atoms with Gasteiger partial charge in [0, 0.05) is 24.7 Å². The number of carbonyl (C=O) groups excluding carboxylic acids is 1. The summed E-state index contributed by atoms with van der Waals surface area (Å²) in [4.78, 5) is 22.6. The lowest BCUT2D eigenvalue weighted by atomic mass is 9.88. The first kappa shape index (κ1) is 22.6. The van der Waals surface area contributed by atoms with Crippen molar-refractivity contribution in [3.05, 3.63) is 24.3 Å². The first-order valence-corrected chi connectivity index (χ1v) is 9.76. The quantitative estimate of drug-likeness (QED) is 0.362. The maximum absolute atomic E-state index is 12.2. The van der Waals surface area contributed by atoms with E-state index in [2.05, 4.69) is 6.92 Å². The van der Waals surface area contributed by atoms with Crippen molar-refractivity contribution in [3.8, 4) is 0 Å². The van der Waals surface area contributed by atoms with Crippen molar-refractivity contribution >= 4 is 11.8 Å². The maximum Gasteiger partial charge on any atom is 0.303 e. The van der Waals surface area contributed by atoms with Gasteiger partial charge in [-0.3, -0.25) is 9.59 Å². The fourth-order valence-electron chi connectivity index (χ4n) is 3.39. The second-order valence-electron chi connectivity index (χ2n) is 7.59. The van der Waals surface area contributed by atoms with Crippen LogP contribution in [0.2, 0.25) is 0 Å². The fourth-order valence-corrected chi connectivity index (χ4v) is 3.39. The van der Waals surface area contributed by atoms with Gasteiger partial charge in [-0.2, -0.15) is 0 Å². The van der Waals surface area contributed by atoms with Gasteiger partial charge in [0.1, 0.15) is 5.78 Å². The number of aliphatic carboxylic acids is 1. The largest absolute Gasteiger partial charge is 0.481 e. The van der Waals surface area contributed by atoms with Gasteiger partial charge in [0.15, 0.2) is 0 Å². The minimum absolute atomic E-state index is 0.0490. The number of unbranched alkanes of at least 4 members (excludes halogenated alkanes) is 3. The minimum atomic E-state index is -0.919. The molecule has 0 spiro atoms. The highest BCUT2D eigenvalue weighted by molar-refractivity contribution is 5.84. The van der Waals surface area contributed by atoms with Gasteiger partial charge < -0.3 is 15.3 Å². The average molecular weight is 366 g/mol. The molecule has 1 aliphatic carbocycles. The molecule has 0 aromatic carbocycles. The van der Waals surface area contributed by atoms with Crippen molar-refractivity contribution in [2.75, 3.05) is 0 Å². The van der Waals surface area contributed by atoms with E-state index in [1.54, 1.807) is 13.0 Å². The fraction of sp³-hybridized carbons (Fsp3) is 0.714. The van der Waals surface area contributed by atoms with Crippen molar-refractivity contribution in [2.45, 2.75) is 83.3 Å². The van der Waals surface area contributed by atoms with Gasteiger partial charge >= 0.3 is 5.97 Å². The molecule has 0 saturated heterocycles. The number of carbonyl (C=O) groups is 2. The summed E-state index contributed by atoms with van der Waals surface area (Å²) in [5.74, 6) is -1.30. The van der Waals surface area contributed by atoms with Crippen molar-refractivity contribution in [1.82, 2.24) is 0 Å². The third-order valence-electron chi connectivity index (χ3n) is 5.01. The monoisotopic (exact) mass is 366 g/mol. The molecule has 0 aromatic heterocycles. The van der Waals surface area contributed by atoms with Crippen LogP contribution in [0.5, 0.6) is 0 Å². The zero-order chi connectivity index (χ0) is 19.6. The molecule has 0 aliphatic heterocycles. The molecule has 5 nitrogen and oxygen atoms in total.